The molecule has 3 aromatic rings. The Morgan fingerprint density at radius 3 is 2.74 bits per heavy atom. The van der Waals surface area contributed by atoms with E-state index in [0.717, 1.165) is 27.0 Å². The summed E-state index contributed by atoms with van der Waals surface area (Å²) in [6, 6.07) is 16.3. The molecule has 0 bridgehead atoms. The minimum atomic E-state index is -0.00285. The Bertz CT molecular complexity index is 970. The van der Waals surface area contributed by atoms with Gasteiger partial charge in [0, 0.05) is 27.4 Å². The summed E-state index contributed by atoms with van der Waals surface area (Å²) in [7, 11) is 0. The van der Waals surface area contributed by atoms with Gasteiger partial charge in [-0.15, -0.1) is 0 Å². The van der Waals surface area contributed by atoms with Crippen LogP contribution in [-0.4, -0.2) is 32.0 Å². The van der Waals surface area contributed by atoms with Crippen LogP contribution in [0.25, 0.3) is 10.9 Å². The average Bonchev–Trinajstić information content (AvgIpc) is 3.06. The quantitative estimate of drug-likeness (QED) is 0.567. The highest BCUT2D eigenvalue weighted by Crippen LogP contribution is 2.38. The van der Waals surface area contributed by atoms with E-state index in [1.807, 2.05) is 30.3 Å². The number of halogens is 1. The highest BCUT2D eigenvalue weighted by molar-refractivity contribution is 8.22. The van der Waals surface area contributed by atoms with Crippen molar-refractivity contribution < 1.29 is 5.11 Å². The maximum Gasteiger partial charge on any atom is 0.137 e. The topological polar surface area (TPSA) is 39.3 Å². The fraction of sp³-hybridized carbons (Fsp3) is 0.286. The number of hydrogen-bond acceptors (Lipinski definition) is 3. The highest BCUT2D eigenvalue weighted by atomic mass is 35.5. The molecule has 4 rings (SSSR count). The van der Waals surface area contributed by atoms with Crippen molar-refractivity contribution in [1.29, 1.82) is 0 Å². The van der Waals surface area contributed by atoms with E-state index in [1.165, 1.54) is 22.2 Å². The molecule has 2 atom stereocenters. The van der Waals surface area contributed by atoms with E-state index >= 15 is 0 Å². The minimum absolute atomic E-state index is 0.00285. The van der Waals surface area contributed by atoms with Crippen LogP contribution < -0.4 is 0 Å². The van der Waals surface area contributed by atoms with Crippen molar-refractivity contribution >= 4 is 50.8 Å². The lowest BCUT2D eigenvalue weighted by Gasteiger charge is -2.41. The number of nitrogens with zero attached hydrogens (tertiary/aromatic N) is 1. The molecule has 2 heterocycles. The first-order chi connectivity index (χ1) is 13.1. The maximum atomic E-state index is 10.0. The molecule has 0 aliphatic carbocycles. The van der Waals surface area contributed by atoms with Crippen molar-refractivity contribution in [2.45, 2.75) is 31.2 Å². The molecule has 27 heavy (non-hydrogen) atoms. The number of aliphatic hydroxyl groups is 1. The zero-order valence-electron chi connectivity index (χ0n) is 15.0. The number of para-hydroxylation sites is 1. The van der Waals surface area contributed by atoms with Crippen LogP contribution in [0.3, 0.4) is 0 Å². The summed E-state index contributed by atoms with van der Waals surface area (Å²) >= 11 is 13.4. The van der Waals surface area contributed by atoms with Crippen LogP contribution in [0, 0.1) is 0 Å². The second-order valence-electron chi connectivity index (χ2n) is 6.87. The SMILES string of the molecule is C[C@H]1c2[nH]c3ccccc3c2C[C@@H](CO)N1C(=S)SCc1ccc(Cl)cc1. The zero-order valence-corrected chi connectivity index (χ0v) is 17.4. The number of nitrogens with one attached hydrogen (secondary N) is 1. The van der Waals surface area contributed by atoms with Gasteiger partial charge in [-0.1, -0.05) is 65.9 Å². The molecule has 0 spiro atoms. The smallest absolute Gasteiger partial charge is 0.137 e. The summed E-state index contributed by atoms with van der Waals surface area (Å²) in [5.41, 5.74) is 4.84. The van der Waals surface area contributed by atoms with Gasteiger partial charge < -0.3 is 15.0 Å². The van der Waals surface area contributed by atoms with Crippen molar-refractivity contribution in [3.8, 4) is 0 Å². The molecule has 1 aromatic heterocycles. The number of thiocarbonyl (C=S) groups is 1. The van der Waals surface area contributed by atoms with Gasteiger partial charge in [-0.25, -0.2) is 0 Å². The number of aromatic nitrogens is 1. The summed E-state index contributed by atoms with van der Waals surface area (Å²) < 4.78 is 0.820. The second-order valence-corrected chi connectivity index (χ2v) is 8.91. The monoisotopic (exact) mass is 416 g/mol. The average molecular weight is 417 g/mol. The molecular formula is C21H21ClN2OS2. The lowest BCUT2D eigenvalue weighted by atomic mass is 9.93. The normalized spacial score (nSPS) is 19.3. The summed E-state index contributed by atoms with van der Waals surface area (Å²) in [5, 5.41) is 12.0. The third-order valence-corrected chi connectivity index (χ3v) is 6.96. The number of aromatic amines is 1. The van der Waals surface area contributed by atoms with Gasteiger partial charge in [0.1, 0.15) is 4.32 Å². The van der Waals surface area contributed by atoms with E-state index in [-0.39, 0.29) is 18.7 Å². The summed E-state index contributed by atoms with van der Waals surface area (Å²) in [4.78, 5) is 5.76. The molecule has 0 saturated heterocycles. The third-order valence-electron chi connectivity index (χ3n) is 5.21. The molecule has 2 aromatic carbocycles. The molecule has 6 heteroatoms. The second kappa shape index (κ2) is 7.84. The molecule has 3 nitrogen and oxygen atoms in total. The minimum Gasteiger partial charge on any atom is -0.394 e. The first-order valence-corrected chi connectivity index (χ1v) is 10.8. The molecule has 0 fully saturated rings. The largest absolute Gasteiger partial charge is 0.394 e. The Morgan fingerprint density at radius 1 is 1.26 bits per heavy atom. The van der Waals surface area contributed by atoms with E-state index in [9.17, 15) is 5.11 Å². The molecular weight excluding hydrogens is 396 g/mol. The summed E-state index contributed by atoms with van der Waals surface area (Å²) in [6.45, 7) is 2.25. The fourth-order valence-electron chi connectivity index (χ4n) is 3.85. The van der Waals surface area contributed by atoms with E-state index in [2.05, 4.69) is 35.0 Å². The first-order valence-electron chi connectivity index (χ1n) is 8.98. The maximum absolute atomic E-state index is 10.0. The third kappa shape index (κ3) is 3.61. The van der Waals surface area contributed by atoms with Crippen molar-refractivity contribution in [3.05, 3.63) is 70.4 Å². The number of H-pyrrole nitrogens is 1. The Balaban J connectivity index is 1.57. The van der Waals surface area contributed by atoms with Gasteiger partial charge >= 0.3 is 0 Å². The van der Waals surface area contributed by atoms with Gasteiger partial charge in [-0.05, 0) is 42.7 Å². The van der Waals surface area contributed by atoms with Gasteiger partial charge in [-0.2, -0.15) is 0 Å². The molecule has 1 aliphatic heterocycles. The summed E-state index contributed by atoms with van der Waals surface area (Å²) in [6.07, 6.45) is 0.793. The molecule has 2 N–H and O–H groups in total. The van der Waals surface area contributed by atoms with Crippen LogP contribution in [0.2, 0.25) is 5.02 Å². The van der Waals surface area contributed by atoms with Gasteiger partial charge in [0.25, 0.3) is 0 Å². The molecule has 0 radical (unpaired) electrons. The predicted octanol–water partition coefficient (Wildman–Crippen LogP) is 5.32. The van der Waals surface area contributed by atoms with Crippen LogP contribution in [-0.2, 0) is 12.2 Å². The highest BCUT2D eigenvalue weighted by Gasteiger charge is 2.35. The Kier molecular flexibility index (Phi) is 5.46. The van der Waals surface area contributed by atoms with E-state index < -0.39 is 0 Å². The van der Waals surface area contributed by atoms with Crippen LogP contribution in [0.4, 0.5) is 0 Å². The van der Waals surface area contributed by atoms with E-state index in [1.54, 1.807) is 11.8 Å². The number of fused-ring (bicyclic) bond motifs is 3. The van der Waals surface area contributed by atoms with Gasteiger partial charge in [0.05, 0.1) is 18.7 Å². The lowest BCUT2D eigenvalue weighted by Crippen LogP contribution is -2.46. The van der Waals surface area contributed by atoms with Gasteiger partial charge in [-0.3, -0.25) is 0 Å². The van der Waals surface area contributed by atoms with Crippen molar-refractivity contribution in [2.75, 3.05) is 6.61 Å². The number of benzene rings is 2. The van der Waals surface area contributed by atoms with E-state index in [0.29, 0.717) is 0 Å². The standard InChI is InChI=1S/C21H21ClN2OS2/c1-13-20-18(17-4-2-3-5-19(17)23-20)10-16(11-25)24(13)21(26)27-12-14-6-8-15(22)9-7-14/h2-9,13,16,23,25H,10-12H2,1H3/t13-,16-/m0/s1. The number of rotatable bonds is 3. The summed E-state index contributed by atoms with van der Waals surface area (Å²) in [5.74, 6) is 0.789. The fourth-order valence-corrected chi connectivity index (χ4v) is 5.40. The van der Waals surface area contributed by atoms with Crippen molar-refractivity contribution in [2.24, 2.45) is 0 Å². The molecule has 1 aliphatic rings. The van der Waals surface area contributed by atoms with Crippen LogP contribution in [0.5, 0.6) is 0 Å². The van der Waals surface area contributed by atoms with E-state index in [4.69, 9.17) is 23.8 Å². The number of aliphatic hydroxyl groups excluding tert-OH is 1. The first kappa shape index (κ1) is 18.8. The molecule has 0 amide bonds. The zero-order chi connectivity index (χ0) is 19.0. The lowest BCUT2D eigenvalue weighted by molar-refractivity contribution is 0.146. The molecule has 140 valence electrons. The Hall–Kier alpha value is -1.53. The molecule has 0 saturated carbocycles. The Labute approximate surface area is 173 Å². The van der Waals surface area contributed by atoms with Crippen LogP contribution >= 0.6 is 35.6 Å². The number of thioether (sulfide) groups is 1. The van der Waals surface area contributed by atoms with Gasteiger partial charge in [0.15, 0.2) is 0 Å². The Morgan fingerprint density at radius 2 is 2.00 bits per heavy atom. The number of hydrogen-bond donors (Lipinski definition) is 2. The van der Waals surface area contributed by atoms with Crippen LogP contribution in [0.1, 0.15) is 29.8 Å². The van der Waals surface area contributed by atoms with Crippen molar-refractivity contribution in [3.63, 3.8) is 0 Å². The van der Waals surface area contributed by atoms with Crippen LogP contribution in [0.15, 0.2) is 48.5 Å². The predicted molar refractivity (Wildman–Crippen MR) is 118 cm³/mol. The molecule has 0 unspecified atom stereocenters. The van der Waals surface area contributed by atoms with Crippen molar-refractivity contribution in [1.82, 2.24) is 9.88 Å². The van der Waals surface area contributed by atoms with Gasteiger partial charge in [0.2, 0.25) is 0 Å².